The molecule has 13 rings (SSSR count). The van der Waals surface area contributed by atoms with Crippen LogP contribution in [0.3, 0.4) is 0 Å². The van der Waals surface area contributed by atoms with Gasteiger partial charge in [0.1, 0.15) is 0 Å². The summed E-state index contributed by atoms with van der Waals surface area (Å²) in [5, 5.41) is 2.50. The molecule has 72 heavy (non-hydrogen) atoms. The molecule has 0 bridgehead atoms. The van der Waals surface area contributed by atoms with Crippen LogP contribution in [0.25, 0.3) is 77.5 Å². The van der Waals surface area contributed by atoms with Gasteiger partial charge in [-0.15, -0.1) is 0 Å². The summed E-state index contributed by atoms with van der Waals surface area (Å²) in [5.74, 6) is 0. The van der Waals surface area contributed by atoms with Crippen molar-refractivity contribution in [1.29, 1.82) is 0 Å². The van der Waals surface area contributed by atoms with Crippen LogP contribution >= 0.6 is 0 Å². The van der Waals surface area contributed by atoms with Gasteiger partial charge in [0.15, 0.2) is 0 Å². The standard InChI is InChI=1S/C71H49N/c1-4-19-53(20-5-1)65-30-12-13-31-66(65)59-24-17-29-64(48-59)72(62-41-36-51(37-42-62)55-22-16-23-56(46-55)57-35-34-50-18-10-11-21-54(50)47-57)63-43-38-52(39-44-63)58-40-45-68-67-32-14-15-33-69(67)71(70(68)49-58,60-25-6-2-7-26-60)61-27-8-3-9-28-61/h1-49H. The van der Waals surface area contributed by atoms with Crippen LogP contribution in [-0.2, 0) is 5.41 Å². The third kappa shape index (κ3) is 7.51. The molecule has 1 aliphatic carbocycles. The molecule has 0 atom stereocenters. The first-order valence-electron chi connectivity index (χ1n) is 24.9. The van der Waals surface area contributed by atoms with E-state index in [1.807, 2.05) is 0 Å². The summed E-state index contributed by atoms with van der Waals surface area (Å²) in [6.45, 7) is 0. The third-order valence-electron chi connectivity index (χ3n) is 14.7. The second-order valence-electron chi connectivity index (χ2n) is 18.8. The molecule has 1 aliphatic rings. The van der Waals surface area contributed by atoms with E-state index in [1.54, 1.807) is 0 Å². The van der Waals surface area contributed by atoms with Crippen molar-refractivity contribution in [2.24, 2.45) is 0 Å². The fourth-order valence-corrected chi connectivity index (χ4v) is 11.3. The van der Waals surface area contributed by atoms with Gasteiger partial charge in [-0.2, -0.15) is 0 Å². The molecular weight excluding hydrogens is 867 g/mol. The molecule has 0 aliphatic heterocycles. The predicted octanol–water partition coefficient (Wildman–Crippen LogP) is 19.0. The third-order valence-corrected chi connectivity index (χ3v) is 14.7. The molecule has 12 aromatic carbocycles. The molecule has 0 amide bonds. The Morgan fingerprint density at radius 2 is 0.653 bits per heavy atom. The lowest BCUT2D eigenvalue weighted by Crippen LogP contribution is -2.28. The Hall–Kier alpha value is -9.30. The average molecular weight is 916 g/mol. The number of fused-ring (bicyclic) bond motifs is 4. The van der Waals surface area contributed by atoms with Crippen LogP contribution in [0.5, 0.6) is 0 Å². The fraction of sp³-hybridized carbons (Fsp3) is 0.0141. The smallest absolute Gasteiger partial charge is 0.0713 e. The minimum Gasteiger partial charge on any atom is -0.310 e. The summed E-state index contributed by atoms with van der Waals surface area (Å²) < 4.78 is 0. The Bertz CT molecular complexity index is 3850. The Kier molecular flexibility index (Phi) is 10.8. The highest BCUT2D eigenvalue weighted by Crippen LogP contribution is 2.57. The van der Waals surface area contributed by atoms with Crippen LogP contribution < -0.4 is 4.90 Å². The summed E-state index contributed by atoms with van der Waals surface area (Å²) in [5.41, 5.74) is 22.4. The van der Waals surface area contributed by atoms with Crippen LogP contribution in [0, 0.1) is 0 Å². The minimum absolute atomic E-state index is 0.463. The Morgan fingerprint density at radius 3 is 1.32 bits per heavy atom. The molecule has 0 saturated carbocycles. The van der Waals surface area contributed by atoms with Crippen molar-refractivity contribution in [1.82, 2.24) is 0 Å². The van der Waals surface area contributed by atoms with E-state index in [0.717, 1.165) is 22.6 Å². The van der Waals surface area contributed by atoms with Crippen LogP contribution in [0.15, 0.2) is 297 Å². The minimum atomic E-state index is -0.463. The highest BCUT2D eigenvalue weighted by atomic mass is 15.1. The molecule has 0 heterocycles. The first-order chi connectivity index (χ1) is 35.7. The molecule has 0 aromatic heterocycles. The first-order valence-corrected chi connectivity index (χ1v) is 24.9. The van der Waals surface area contributed by atoms with E-state index in [2.05, 4.69) is 302 Å². The molecule has 1 nitrogen and oxygen atoms in total. The van der Waals surface area contributed by atoms with E-state index in [9.17, 15) is 0 Å². The normalized spacial score (nSPS) is 12.3. The number of rotatable bonds is 10. The molecule has 0 fully saturated rings. The van der Waals surface area contributed by atoms with Crippen molar-refractivity contribution in [3.05, 3.63) is 320 Å². The van der Waals surface area contributed by atoms with E-state index >= 15 is 0 Å². The number of anilines is 3. The summed E-state index contributed by atoms with van der Waals surface area (Å²) in [7, 11) is 0. The number of hydrogen-bond donors (Lipinski definition) is 0. The van der Waals surface area contributed by atoms with Crippen molar-refractivity contribution in [3.63, 3.8) is 0 Å². The van der Waals surface area contributed by atoms with Gasteiger partial charge >= 0.3 is 0 Å². The molecule has 0 radical (unpaired) electrons. The number of nitrogens with zero attached hydrogens (tertiary/aromatic N) is 1. The molecule has 0 unspecified atom stereocenters. The molecule has 12 aromatic rings. The van der Waals surface area contributed by atoms with Gasteiger partial charge in [-0.1, -0.05) is 243 Å². The van der Waals surface area contributed by atoms with Crippen molar-refractivity contribution in [2.75, 3.05) is 4.90 Å². The molecule has 0 spiro atoms. The molecule has 338 valence electrons. The monoisotopic (exact) mass is 915 g/mol. The van der Waals surface area contributed by atoms with Crippen LogP contribution in [0.1, 0.15) is 22.3 Å². The second kappa shape index (κ2) is 18.2. The summed E-state index contributed by atoms with van der Waals surface area (Å²) >= 11 is 0. The van der Waals surface area contributed by atoms with Gasteiger partial charge in [-0.05, 0) is 154 Å². The molecular formula is C71H49N. The Balaban J connectivity index is 0.904. The zero-order valence-corrected chi connectivity index (χ0v) is 39.7. The number of hydrogen-bond acceptors (Lipinski definition) is 1. The van der Waals surface area contributed by atoms with E-state index < -0.39 is 5.41 Å². The summed E-state index contributed by atoms with van der Waals surface area (Å²) in [4.78, 5) is 2.39. The highest BCUT2D eigenvalue weighted by Gasteiger charge is 2.46. The molecule has 0 saturated heterocycles. The maximum absolute atomic E-state index is 2.45. The highest BCUT2D eigenvalue weighted by molar-refractivity contribution is 5.91. The zero-order valence-electron chi connectivity index (χ0n) is 39.7. The Labute approximate surface area is 422 Å². The van der Waals surface area contributed by atoms with Crippen molar-refractivity contribution in [3.8, 4) is 66.8 Å². The van der Waals surface area contributed by atoms with Gasteiger partial charge in [0, 0.05) is 17.1 Å². The largest absolute Gasteiger partial charge is 0.310 e. The predicted molar refractivity (Wildman–Crippen MR) is 303 cm³/mol. The van der Waals surface area contributed by atoms with Gasteiger partial charge in [-0.25, -0.2) is 0 Å². The van der Waals surface area contributed by atoms with Crippen molar-refractivity contribution >= 4 is 27.8 Å². The molecule has 1 heteroatoms. The van der Waals surface area contributed by atoms with Gasteiger partial charge in [0.05, 0.1) is 5.41 Å². The summed E-state index contributed by atoms with van der Waals surface area (Å²) in [6, 6.07) is 109. The zero-order chi connectivity index (χ0) is 47.8. The van der Waals surface area contributed by atoms with Gasteiger partial charge < -0.3 is 4.90 Å². The lowest BCUT2D eigenvalue weighted by Gasteiger charge is -2.34. The first kappa shape index (κ1) is 42.8. The SMILES string of the molecule is c1ccc(-c2ccccc2-c2cccc(N(c3ccc(-c4cccc(-c5ccc6ccccc6c5)c4)cc3)c3ccc(-c4ccc5c(c4)C(c4ccccc4)(c4ccccc4)c4ccccc4-5)cc3)c2)cc1. The van der Waals surface area contributed by atoms with Crippen molar-refractivity contribution in [2.45, 2.75) is 5.41 Å². The molecule has 0 N–H and O–H groups in total. The maximum atomic E-state index is 2.45. The van der Waals surface area contributed by atoms with Gasteiger partial charge in [0.25, 0.3) is 0 Å². The lowest BCUT2D eigenvalue weighted by atomic mass is 9.67. The Morgan fingerprint density at radius 1 is 0.208 bits per heavy atom. The quantitative estimate of drug-likeness (QED) is 0.132. The fourth-order valence-electron chi connectivity index (χ4n) is 11.3. The maximum Gasteiger partial charge on any atom is 0.0713 e. The van der Waals surface area contributed by atoms with E-state index in [-0.39, 0.29) is 0 Å². The van der Waals surface area contributed by atoms with Gasteiger partial charge in [0.2, 0.25) is 0 Å². The lowest BCUT2D eigenvalue weighted by molar-refractivity contribution is 0.769. The second-order valence-corrected chi connectivity index (χ2v) is 18.8. The van der Waals surface area contributed by atoms with Gasteiger partial charge in [-0.3, -0.25) is 0 Å². The van der Waals surface area contributed by atoms with E-state index in [4.69, 9.17) is 0 Å². The van der Waals surface area contributed by atoms with Crippen LogP contribution in [-0.4, -0.2) is 0 Å². The summed E-state index contributed by atoms with van der Waals surface area (Å²) in [6.07, 6.45) is 0. The van der Waals surface area contributed by atoms with Crippen LogP contribution in [0.2, 0.25) is 0 Å². The van der Waals surface area contributed by atoms with E-state index in [1.165, 1.54) is 94.2 Å². The van der Waals surface area contributed by atoms with Crippen molar-refractivity contribution < 1.29 is 0 Å². The van der Waals surface area contributed by atoms with E-state index in [0.29, 0.717) is 0 Å². The number of benzene rings is 12. The van der Waals surface area contributed by atoms with Crippen LogP contribution in [0.4, 0.5) is 17.1 Å². The average Bonchev–Trinajstić information content (AvgIpc) is 3.77. The topological polar surface area (TPSA) is 3.24 Å².